The Morgan fingerprint density at radius 1 is 0.611 bits per heavy atom. The summed E-state index contributed by atoms with van der Waals surface area (Å²) in [5.41, 5.74) is 7.25. The molecule has 0 spiro atoms. The lowest BCUT2D eigenvalue weighted by molar-refractivity contribution is 0.201. The molecule has 0 radical (unpaired) electrons. The second-order valence-electron chi connectivity index (χ2n) is 12.4. The molecule has 1 aliphatic heterocycles. The lowest BCUT2D eigenvalue weighted by Crippen LogP contribution is -2.44. The predicted octanol–water partition coefficient (Wildman–Crippen LogP) is 8.80. The summed E-state index contributed by atoms with van der Waals surface area (Å²) in [4.78, 5) is 14.4. The summed E-state index contributed by atoms with van der Waals surface area (Å²) in [6.07, 6.45) is 7.79. The van der Waals surface area contributed by atoms with Gasteiger partial charge in [-0.15, -0.1) is 37.2 Å². The van der Waals surface area contributed by atoms with Crippen LogP contribution in [-0.2, 0) is 13.1 Å². The molecule has 6 rings (SSSR count). The maximum absolute atomic E-state index is 5.62. The van der Waals surface area contributed by atoms with Crippen molar-refractivity contribution < 1.29 is 28.4 Å². The van der Waals surface area contributed by atoms with Gasteiger partial charge >= 0.3 is 0 Å². The number of para-hydroxylation sites is 1. The van der Waals surface area contributed by atoms with E-state index < -0.39 is 0 Å². The molecule has 1 saturated heterocycles. The van der Waals surface area contributed by atoms with E-state index in [1.165, 1.54) is 11.3 Å². The zero-order chi connectivity index (χ0) is 35.7. The van der Waals surface area contributed by atoms with Crippen LogP contribution in [0.15, 0.2) is 91.4 Å². The van der Waals surface area contributed by atoms with Gasteiger partial charge in [-0.3, -0.25) is 14.9 Å². The number of aromatic nitrogens is 2. The van der Waals surface area contributed by atoms with Crippen LogP contribution in [0.2, 0.25) is 0 Å². The SMILES string of the molecule is COc1cc(-c2cncc(CN(c3ccccc3)C3CCN(Cc4ccnc(-c5cc(OC)c(OC)c(OC)c5)c4)CC3)c2)cc(OC)c1OC.Cl.Cl.Cl. The van der Waals surface area contributed by atoms with Gasteiger partial charge in [-0.1, -0.05) is 18.2 Å². The van der Waals surface area contributed by atoms with Crippen LogP contribution in [0.25, 0.3) is 22.4 Å². The minimum atomic E-state index is 0. The van der Waals surface area contributed by atoms with Crippen molar-refractivity contribution >= 4 is 42.9 Å². The number of nitrogens with zero attached hydrogens (tertiary/aromatic N) is 4. The monoisotopic (exact) mass is 798 g/mol. The first-order chi connectivity index (χ1) is 25.0. The van der Waals surface area contributed by atoms with Crippen LogP contribution in [0.1, 0.15) is 24.0 Å². The first-order valence-corrected chi connectivity index (χ1v) is 17.0. The quantitative estimate of drug-likeness (QED) is 0.109. The van der Waals surface area contributed by atoms with Gasteiger partial charge < -0.3 is 33.3 Å². The number of methoxy groups -OCH3 is 6. The van der Waals surface area contributed by atoms with Gasteiger partial charge in [0.2, 0.25) is 11.5 Å². The number of benzene rings is 3. The summed E-state index contributed by atoms with van der Waals surface area (Å²) in [5.74, 6) is 3.56. The van der Waals surface area contributed by atoms with Crippen LogP contribution >= 0.6 is 37.2 Å². The van der Waals surface area contributed by atoms with Crippen molar-refractivity contribution in [3.05, 3.63) is 103 Å². The zero-order valence-corrected chi connectivity index (χ0v) is 33.9. The Morgan fingerprint density at radius 2 is 1.17 bits per heavy atom. The van der Waals surface area contributed by atoms with E-state index in [0.717, 1.165) is 67.0 Å². The number of halogens is 3. The average Bonchev–Trinajstić information content (AvgIpc) is 3.19. The predicted molar refractivity (Wildman–Crippen MR) is 221 cm³/mol. The largest absolute Gasteiger partial charge is 0.493 e. The number of hydrogen-bond acceptors (Lipinski definition) is 10. The summed E-state index contributed by atoms with van der Waals surface area (Å²) < 4.78 is 33.4. The van der Waals surface area contributed by atoms with Crippen LogP contribution in [0.3, 0.4) is 0 Å². The highest BCUT2D eigenvalue weighted by atomic mass is 35.5. The van der Waals surface area contributed by atoms with Gasteiger partial charge in [0.05, 0.1) is 48.4 Å². The molecular weight excluding hydrogens is 751 g/mol. The number of hydrogen-bond donors (Lipinski definition) is 0. The molecule has 2 aromatic heterocycles. The number of anilines is 1. The third-order valence-corrected chi connectivity index (χ3v) is 9.42. The molecule has 1 aliphatic rings. The van der Waals surface area contributed by atoms with Crippen molar-refractivity contribution in [3.63, 3.8) is 0 Å². The number of rotatable bonds is 14. The van der Waals surface area contributed by atoms with Crippen molar-refractivity contribution in [1.29, 1.82) is 0 Å². The van der Waals surface area contributed by atoms with E-state index in [0.29, 0.717) is 40.5 Å². The van der Waals surface area contributed by atoms with Crippen molar-refractivity contribution in [2.45, 2.75) is 32.0 Å². The first-order valence-electron chi connectivity index (χ1n) is 17.0. The second-order valence-corrected chi connectivity index (χ2v) is 12.4. The molecule has 3 heterocycles. The molecule has 13 heteroatoms. The molecule has 0 saturated carbocycles. The Balaban J connectivity index is 0.00000261. The van der Waals surface area contributed by atoms with Gasteiger partial charge in [-0.2, -0.15) is 0 Å². The van der Waals surface area contributed by atoms with Gasteiger partial charge in [0, 0.05) is 67.6 Å². The number of pyridine rings is 2. The van der Waals surface area contributed by atoms with Crippen LogP contribution in [0.4, 0.5) is 5.69 Å². The van der Waals surface area contributed by atoms with Gasteiger partial charge in [-0.05, 0) is 84.1 Å². The van der Waals surface area contributed by atoms with Crippen molar-refractivity contribution in [2.24, 2.45) is 0 Å². The minimum absolute atomic E-state index is 0. The lowest BCUT2D eigenvalue weighted by Gasteiger charge is -2.40. The molecule has 5 aromatic rings. The van der Waals surface area contributed by atoms with E-state index in [1.807, 2.05) is 42.9 Å². The number of piperidine rings is 1. The Bertz CT molecular complexity index is 1880. The molecule has 0 atom stereocenters. The third-order valence-electron chi connectivity index (χ3n) is 9.42. The molecule has 10 nitrogen and oxygen atoms in total. The molecule has 0 unspecified atom stereocenters. The lowest BCUT2D eigenvalue weighted by atomic mass is 9.99. The zero-order valence-electron chi connectivity index (χ0n) is 31.4. The van der Waals surface area contributed by atoms with Crippen molar-refractivity contribution in [3.8, 4) is 56.9 Å². The Morgan fingerprint density at radius 3 is 1.70 bits per heavy atom. The summed E-state index contributed by atoms with van der Waals surface area (Å²) in [7, 11) is 9.73. The highest BCUT2D eigenvalue weighted by Crippen LogP contribution is 2.42. The maximum atomic E-state index is 5.62. The summed E-state index contributed by atoms with van der Waals surface area (Å²) in [6.45, 7) is 3.56. The molecule has 0 aliphatic carbocycles. The van der Waals surface area contributed by atoms with Gasteiger partial charge in [0.1, 0.15) is 0 Å². The van der Waals surface area contributed by atoms with Crippen LogP contribution in [0.5, 0.6) is 34.5 Å². The Kier molecular flexibility index (Phi) is 16.8. The third kappa shape index (κ3) is 9.92. The smallest absolute Gasteiger partial charge is 0.203 e. The molecule has 0 N–H and O–H groups in total. The standard InChI is InChI=1S/C41H46N4O6.3ClH/c1-46-36-20-30(21-37(47-2)40(36)50-5)32-18-29(24-42-25-32)27-45(33-10-8-7-9-11-33)34-13-16-44(17-14-34)26-28-12-15-43-35(19-28)31-22-38(48-3)41(51-6)39(23-31)49-4;;;/h7-12,15,18-25,34H,13-14,16-17,26-27H2,1-6H3;3*1H. The van der Waals surface area contributed by atoms with E-state index >= 15 is 0 Å². The van der Waals surface area contributed by atoms with E-state index in [2.05, 4.69) is 68.3 Å². The van der Waals surface area contributed by atoms with Crippen molar-refractivity contribution in [1.82, 2.24) is 14.9 Å². The summed E-state index contributed by atoms with van der Waals surface area (Å²) in [5, 5.41) is 0. The van der Waals surface area contributed by atoms with Crippen LogP contribution < -0.4 is 33.3 Å². The molecule has 1 fully saturated rings. The van der Waals surface area contributed by atoms with E-state index in [9.17, 15) is 0 Å². The highest BCUT2D eigenvalue weighted by molar-refractivity contribution is 5.86. The van der Waals surface area contributed by atoms with Crippen molar-refractivity contribution in [2.75, 3.05) is 60.6 Å². The molecule has 290 valence electrons. The number of likely N-dealkylation sites (tertiary alicyclic amines) is 1. The van der Waals surface area contributed by atoms with E-state index in [-0.39, 0.29) is 37.2 Å². The summed E-state index contributed by atoms with van der Waals surface area (Å²) in [6, 6.07) is 25.3. The Labute approximate surface area is 336 Å². The average molecular weight is 800 g/mol. The molecule has 0 amide bonds. The second kappa shape index (κ2) is 20.7. The van der Waals surface area contributed by atoms with E-state index in [1.54, 1.807) is 42.7 Å². The van der Waals surface area contributed by atoms with Crippen LogP contribution in [0, 0.1) is 0 Å². The minimum Gasteiger partial charge on any atom is -0.493 e. The maximum Gasteiger partial charge on any atom is 0.203 e. The van der Waals surface area contributed by atoms with Gasteiger partial charge in [0.15, 0.2) is 23.0 Å². The Hall–Kier alpha value is -4.61. The van der Waals surface area contributed by atoms with E-state index in [4.69, 9.17) is 28.4 Å². The topological polar surface area (TPSA) is 87.6 Å². The normalized spacial score (nSPS) is 12.6. The number of ether oxygens (including phenoxy) is 6. The van der Waals surface area contributed by atoms with Gasteiger partial charge in [0.25, 0.3) is 0 Å². The molecule has 3 aromatic carbocycles. The first kappa shape index (κ1) is 43.8. The molecular formula is C41H49Cl3N4O6. The fourth-order valence-corrected chi connectivity index (χ4v) is 6.83. The fraction of sp³-hybridized carbons (Fsp3) is 0.317. The molecule has 0 bridgehead atoms. The van der Waals surface area contributed by atoms with Crippen LogP contribution in [-0.4, -0.2) is 76.7 Å². The summed E-state index contributed by atoms with van der Waals surface area (Å²) >= 11 is 0. The van der Waals surface area contributed by atoms with Gasteiger partial charge in [-0.25, -0.2) is 0 Å². The fourth-order valence-electron chi connectivity index (χ4n) is 6.83. The highest BCUT2D eigenvalue weighted by Gasteiger charge is 2.26. The molecule has 54 heavy (non-hydrogen) atoms.